The number of anilines is 1. The SMILES string of the molecule is C[C@H](N)CCCc1cc(Cl)c(F)c(-c2cc3c([nH]2)=NC(O)N(c2ccc([C@H](CCCO)NCCCNC(=N)N)cc2)C=3)c1. The van der Waals surface area contributed by atoms with Gasteiger partial charge in [0.1, 0.15) is 5.49 Å². The second-order valence-electron chi connectivity index (χ2n) is 11.0. The summed E-state index contributed by atoms with van der Waals surface area (Å²) in [5.74, 6) is -0.558. The van der Waals surface area contributed by atoms with Crippen LogP contribution < -0.4 is 37.7 Å². The summed E-state index contributed by atoms with van der Waals surface area (Å²) >= 11 is 6.25. The first kappa shape index (κ1) is 32.4. The van der Waals surface area contributed by atoms with Gasteiger partial charge in [0.2, 0.25) is 6.35 Å². The number of aromatic amines is 1. The van der Waals surface area contributed by atoms with Crippen molar-refractivity contribution in [1.82, 2.24) is 15.6 Å². The zero-order valence-corrected chi connectivity index (χ0v) is 25.2. The Labute approximate surface area is 256 Å². The highest BCUT2D eigenvalue weighted by Crippen LogP contribution is 2.29. The number of halogens is 2. The Hall–Kier alpha value is -3.48. The fraction of sp³-hybridized carbons (Fsp3) is 0.419. The van der Waals surface area contributed by atoms with Crippen LogP contribution in [0.15, 0.2) is 47.5 Å². The third-order valence-corrected chi connectivity index (χ3v) is 7.68. The van der Waals surface area contributed by atoms with E-state index in [1.54, 1.807) is 23.2 Å². The number of nitrogens with one attached hydrogen (secondary N) is 4. The van der Waals surface area contributed by atoms with E-state index in [-0.39, 0.29) is 29.7 Å². The molecule has 0 saturated carbocycles. The minimum absolute atomic E-state index is 0.0356. The Balaban J connectivity index is 1.52. The zero-order chi connectivity index (χ0) is 30.9. The highest BCUT2D eigenvalue weighted by molar-refractivity contribution is 6.31. The van der Waals surface area contributed by atoms with Gasteiger partial charge in [-0.05, 0) is 93.5 Å². The quantitative estimate of drug-likeness (QED) is 0.0740. The molecule has 12 heteroatoms. The standard InChI is InChI=1S/C31H42ClFN8O2/c1-19(34)5-2-6-20-15-24(28(33)25(32)16-20)27-17-22-18-41(31(43)40-29(22)39-27)23-10-8-21(9-11-23)26(7-3-14-42)37-12-4-13-38-30(35)36/h8-11,15-19,26,31,37,42-43H,2-7,12-14,34H2,1H3,(H,39,40)(H4,35,36,38)/t19-,26-,31?/m0/s1. The van der Waals surface area contributed by atoms with Crippen molar-refractivity contribution in [1.29, 1.82) is 5.41 Å². The molecule has 0 fully saturated rings. The van der Waals surface area contributed by atoms with E-state index < -0.39 is 12.2 Å². The Morgan fingerprint density at radius 3 is 2.63 bits per heavy atom. The maximum atomic E-state index is 15.1. The lowest BCUT2D eigenvalue weighted by Gasteiger charge is -2.26. The number of aliphatic hydroxyl groups excluding tert-OH is 2. The third-order valence-electron chi connectivity index (χ3n) is 7.41. The molecule has 0 bridgehead atoms. The van der Waals surface area contributed by atoms with Crippen LogP contribution in [0.1, 0.15) is 56.2 Å². The molecule has 3 aromatic rings. The van der Waals surface area contributed by atoms with Crippen molar-refractivity contribution in [2.75, 3.05) is 24.6 Å². The van der Waals surface area contributed by atoms with Gasteiger partial charge in [-0.15, -0.1) is 0 Å². The Morgan fingerprint density at radius 2 is 1.93 bits per heavy atom. The molecule has 1 aromatic heterocycles. The van der Waals surface area contributed by atoms with E-state index in [1.165, 1.54) is 0 Å². The second-order valence-corrected chi connectivity index (χ2v) is 11.4. The smallest absolute Gasteiger partial charge is 0.231 e. The number of hydrogen-bond donors (Lipinski definition) is 8. The monoisotopic (exact) mass is 612 g/mol. The number of rotatable bonds is 15. The van der Waals surface area contributed by atoms with E-state index in [9.17, 15) is 10.2 Å². The van der Waals surface area contributed by atoms with E-state index in [0.29, 0.717) is 34.9 Å². The lowest BCUT2D eigenvalue weighted by atomic mass is 10.0. The summed E-state index contributed by atoms with van der Waals surface area (Å²) in [6.45, 7) is 3.39. The van der Waals surface area contributed by atoms with E-state index >= 15 is 4.39 Å². The van der Waals surface area contributed by atoms with Crippen LogP contribution in [0, 0.1) is 11.2 Å². The van der Waals surface area contributed by atoms with Gasteiger partial charge in [0.05, 0.1) is 10.7 Å². The maximum absolute atomic E-state index is 15.1. The van der Waals surface area contributed by atoms with Gasteiger partial charge in [0.25, 0.3) is 0 Å². The Morgan fingerprint density at radius 1 is 1.16 bits per heavy atom. The first-order valence-electron chi connectivity index (χ1n) is 14.7. The fourth-order valence-corrected chi connectivity index (χ4v) is 5.42. The van der Waals surface area contributed by atoms with Crippen LogP contribution in [0.4, 0.5) is 10.1 Å². The first-order valence-corrected chi connectivity index (χ1v) is 15.0. The third kappa shape index (κ3) is 8.77. The fourth-order valence-electron chi connectivity index (χ4n) is 5.17. The summed E-state index contributed by atoms with van der Waals surface area (Å²) in [5, 5.41) is 34.6. The summed E-state index contributed by atoms with van der Waals surface area (Å²) in [6.07, 6.45) is 5.30. The number of aromatic nitrogens is 1. The molecule has 2 aromatic carbocycles. The summed E-state index contributed by atoms with van der Waals surface area (Å²) in [7, 11) is 0. The van der Waals surface area contributed by atoms with Gasteiger partial charge in [-0.3, -0.25) is 5.41 Å². The van der Waals surface area contributed by atoms with Gasteiger partial charge in [-0.25, -0.2) is 9.38 Å². The summed E-state index contributed by atoms with van der Waals surface area (Å²) < 4.78 is 15.1. The molecule has 2 heterocycles. The molecule has 0 spiro atoms. The molecule has 43 heavy (non-hydrogen) atoms. The molecule has 232 valence electrons. The van der Waals surface area contributed by atoms with Crippen LogP contribution in [-0.4, -0.2) is 53.2 Å². The van der Waals surface area contributed by atoms with E-state index in [2.05, 4.69) is 20.6 Å². The van der Waals surface area contributed by atoms with Gasteiger partial charge in [0.15, 0.2) is 11.8 Å². The van der Waals surface area contributed by atoms with Gasteiger partial charge in [0, 0.05) is 47.9 Å². The summed E-state index contributed by atoms with van der Waals surface area (Å²) in [5.41, 5.74) is 15.3. The molecule has 1 aliphatic rings. The number of fused-ring (bicyclic) bond motifs is 1. The molecule has 0 amide bonds. The van der Waals surface area contributed by atoms with Crippen molar-refractivity contribution < 1.29 is 14.6 Å². The van der Waals surface area contributed by atoms with E-state index in [1.807, 2.05) is 37.3 Å². The molecule has 4 rings (SSSR count). The highest BCUT2D eigenvalue weighted by atomic mass is 35.5. The maximum Gasteiger partial charge on any atom is 0.231 e. The number of benzene rings is 2. The second kappa shape index (κ2) is 15.3. The minimum Gasteiger partial charge on any atom is -0.396 e. The van der Waals surface area contributed by atoms with Crippen molar-refractivity contribution in [3.05, 3.63) is 75.1 Å². The molecule has 0 aliphatic carbocycles. The Kier molecular flexibility index (Phi) is 11.5. The first-order chi connectivity index (χ1) is 20.7. The normalized spacial score (nSPS) is 15.8. The Bertz CT molecular complexity index is 1490. The van der Waals surface area contributed by atoms with Crippen molar-refractivity contribution in [3.8, 4) is 11.3 Å². The van der Waals surface area contributed by atoms with Gasteiger partial charge >= 0.3 is 0 Å². The number of H-pyrrole nitrogens is 1. The topological polar surface area (TPSA) is 172 Å². The number of aliphatic hydroxyl groups is 2. The van der Waals surface area contributed by atoms with Crippen LogP contribution >= 0.6 is 11.6 Å². The van der Waals surface area contributed by atoms with E-state index in [0.717, 1.165) is 55.5 Å². The van der Waals surface area contributed by atoms with Crippen molar-refractivity contribution in [3.63, 3.8) is 0 Å². The predicted octanol–water partition coefficient (Wildman–Crippen LogP) is 2.57. The molecule has 0 radical (unpaired) electrons. The zero-order valence-electron chi connectivity index (χ0n) is 24.4. The summed E-state index contributed by atoms with van der Waals surface area (Å²) in [4.78, 5) is 9.22. The van der Waals surface area contributed by atoms with Gasteiger partial charge in [-0.1, -0.05) is 23.7 Å². The number of hydrogen-bond acceptors (Lipinski definition) is 7. The summed E-state index contributed by atoms with van der Waals surface area (Å²) in [6, 6.07) is 13.2. The highest BCUT2D eigenvalue weighted by Gasteiger charge is 2.20. The molecule has 0 saturated heterocycles. The van der Waals surface area contributed by atoms with Crippen molar-refractivity contribution >= 4 is 29.4 Å². The van der Waals surface area contributed by atoms with Crippen LogP contribution in [0.3, 0.4) is 0 Å². The predicted molar refractivity (Wildman–Crippen MR) is 170 cm³/mol. The minimum atomic E-state index is -1.17. The average Bonchev–Trinajstić information content (AvgIpc) is 3.38. The number of aryl methyl sites for hydroxylation is 1. The number of guanidine groups is 1. The largest absolute Gasteiger partial charge is 0.396 e. The van der Waals surface area contributed by atoms with Gasteiger partial charge < -0.3 is 42.2 Å². The molecular formula is C31H42ClFN8O2. The van der Waals surface area contributed by atoms with Crippen LogP contribution in [-0.2, 0) is 6.42 Å². The van der Waals surface area contributed by atoms with E-state index in [4.69, 9.17) is 28.5 Å². The molecule has 10 nitrogen and oxygen atoms in total. The lowest BCUT2D eigenvalue weighted by Crippen LogP contribution is -2.41. The van der Waals surface area contributed by atoms with Gasteiger partial charge in [-0.2, -0.15) is 0 Å². The van der Waals surface area contributed by atoms with Crippen LogP contribution in [0.25, 0.3) is 17.5 Å². The average molecular weight is 613 g/mol. The molecular weight excluding hydrogens is 571 g/mol. The molecule has 3 atom stereocenters. The van der Waals surface area contributed by atoms with Crippen molar-refractivity contribution in [2.24, 2.45) is 16.5 Å². The lowest BCUT2D eigenvalue weighted by molar-refractivity contribution is 0.186. The van der Waals surface area contributed by atoms with Crippen molar-refractivity contribution in [2.45, 2.75) is 63.9 Å². The van der Waals surface area contributed by atoms with Crippen LogP contribution in [0.5, 0.6) is 0 Å². The number of nitrogens with two attached hydrogens (primary N) is 2. The molecule has 1 aliphatic heterocycles. The molecule has 1 unspecified atom stereocenters. The number of nitrogens with zero attached hydrogens (tertiary/aromatic N) is 2. The molecule has 10 N–H and O–H groups in total. The van der Waals surface area contributed by atoms with Crippen LogP contribution in [0.2, 0.25) is 5.02 Å².